The van der Waals surface area contributed by atoms with Crippen molar-refractivity contribution in [2.45, 2.75) is 25.3 Å². The summed E-state index contributed by atoms with van der Waals surface area (Å²) in [5.74, 6) is 0.780. The van der Waals surface area contributed by atoms with E-state index in [1.807, 2.05) is 6.07 Å². The maximum Gasteiger partial charge on any atom is 0.143 e. The van der Waals surface area contributed by atoms with Gasteiger partial charge in [0.2, 0.25) is 0 Å². The van der Waals surface area contributed by atoms with E-state index in [1.54, 1.807) is 7.11 Å². The zero-order chi connectivity index (χ0) is 13.2. The number of benzene rings is 1. The Balaban J connectivity index is 1.64. The molecule has 0 saturated carbocycles. The van der Waals surface area contributed by atoms with E-state index >= 15 is 0 Å². The van der Waals surface area contributed by atoms with Gasteiger partial charge in [-0.1, -0.05) is 0 Å². The number of nitrogens with zero attached hydrogens (tertiary/aromatic N) is 2. The number of rotatable bonds is 3. The molecule has 2 heterocycles. The molecule has 0 unspecified atom stereocenters. The van der Waals surface area contributed by atoms with Crippen LogP contribution < -0.4 is 15.4 Å². The number of piperidine rings is 1. The molecule has 0 aliphatic carbocycles. The molecule has 4 heteroatoms. The number of likely N-dealkylation sites (tertiary alicyclic amines) is 1. The van der Waals surface area contributed by atoms with E-state index in [2.05, 4.69) is 21.9 Å². The van der Waals surface area contributed by atoms with E-state index in [1.165, 1.54) is 38.0 Å². The van der Waals surface area contributed by atoms with Crippen molar-refractivity contribution in [3.05, 3.63) is 18.2 Å². The van der Waals surface area contributed by atoms with Gasteiger partial charge in [0.25, 0.3) is 0 Å². The molecule has 0 spiro atoms. The molecule has 2 fully saturated rings. The van der Waals surface area contributed by atoms with Gasteiger partial charge in [-0.25, -0.2) is 0 Å². The smallest absolute Gasteiger partial charge is 0.143 e. The van der Waals surface area contributed by atoms with Crippen LogP contribution in [0.4, 0.5) is 11.4 Å². The lowest BCUT2D eigenvalue weighted by Crippen LogP contribution is -2.50. The van der Waals surface area contributed by atoms with Crippen molar-refractivity contribution in [3.8, 4) is 5.75 Å². The van der Waals surface area contributed by atoms with Crippen LogP contribution in [0.3, 0.4) is 0 Å². The third-order valence-electron chi connectivity index (χ3n) is 4.45. The normalized spacial score (nSPS) is 21.2. The fourth-order valence-corrected chi connectivity index (χ4v) is 3.09. The monoisotopic (exact) mass is 261 g/mol. The molecule has 0 radical (unpaired) electrons. The van der Waals surface area contributed by atoms with Gasteiger partial charge in [-0.15, -0.1) is 0 Å². The van der Waals surface area contributed by atoms with Crippen molar-refractivity contribution < 1.29 is 4.74 Å². The van der Waals surface area contributed by atoms with E-state index in [4.69, 9.17) is 10.5 Å². The highest BCUT2D eigenvalue weighted by atomic mass is 16.5. The Labute approximate surface area is 115 Å². The van der Waals surface area contributed by atoms with E-state index in [0.29, 0.717) is 5.69 Å². The number of ether oxygens (including phenoxy) is 1. The molecular weight excluding hydrogens is 238 g/mol. The SMILES string of the molecule is COc1cc(N2CCC(N3CCC3)CC2)ccc1N. The average molecular weight is 261 g/mol. The summed E-state index contributed by atoms with van der Waals surface area (Å²) in [5.41, 5.74) is 7.81. The first-order valence-corrected chi connectivity index (χ1v) is 7.20. The first kappa shape index (κ1) is 12.6. The maximum absolute atomic E-state index is 5.87. The summed E-state index contributed by atoms with van der Waals surface area (Å²) in [5, 5.41) is 0. The molecule has 1 aromatic rings. The molecule has 2 aliphatic rings. The summed E-state index contributed by atoms with van der Waals surface area (Å²) >= 11 is 0. The number of nitrogen functional groups attached to an aromatic ring is 1. The first-order chi connectivity index (χ1) is 9.28. The van der Waals surface area contributed by atoms with Gasteiger partial charge < -0.3 is 20.3 Å². The lowest BCUT2D eigenvalue weighted by molar-refractivity contribution is 0.100. The summed E-state index contributed by atoms with van der Waals surface area (Å²) in [4.78, 5) is 5.07. The summed E-state index contributed by atoms with van der Waals surface area (Å²) in [6.45, 7) is 4.88. The highest BCUT2D eigenvalue weighted by molar-refractivity contribution is 5.62. The molecule has 4 nitrogen and oxygen atoms in total. The van der Waals surface area contributed by atoms with E-state index in [9.17, 15) is 0 Å². The lowest BCUT2D eigenvalue weighted by atomic mass is 9.99. The Bertz CT molecular complexity index is 437. The van der Waals surface area contributed by atoms with Gasteiger partial charge in [-0.2, -0.15) is 0 Å². The molecule has 2 saturated heterocycles. The fraction of sp³-hybridized carbons (Fsp3) is 0.600. The highest BCUT2D eigenvalue weighted by Gasteiger charge is 2.27. The third kappa shape index (κ3) is 2.50. The minimum Gasteiger partial charge on any atom is -0.495 e. The van der Waals surface area contributed by atoms with E-state index in [0.717, 1.165) is 24.9 Å². The molecule has 19 heavy (non-hydrogen) atoms. The van der Waals surface area contributed by atoms with Gasteiger partial charge in [0, 0.05) is 30.9 Å². The van der Waals surface area contributed by atoms with Crippen LogP contribution in [0.15, 0.2) is 18.2 Å². The van der Waals surface area contributed by atoms with E-state index < -0.39 is 0 Å². The second-order valence-electron chi connectivity index (χ2n) is 5.53. The van der Waals surface area contributed by atoms with Crippen molar-refractivity contribution in [2.24, 2.45) is 0 Å². The van der Waals surface area contributed by atoms with Crippen LogP contribution in [0.2, 0.25) is 0 Å². The molecule has 1 aromatic carbocycles. The molecule has 0 atom stereocenters. The van der Waals surface area contributed by atoms with Gasteiger partial charge in [0.05, 0.1) is 12.8 Å². The third-order valence-corrected chi connectivity index (χ3v) is 4.45. The van der Waals surface area contributed by atoms with Crippen LogP contribution in [0, 0.1) is 0 Å². The molecule has 2 aliphatic heterocycles. The number of hydrogen-bond acceptors (Lipinski definition) is 4. The molecule has 0 amide bonds. The van der Waals surface area contributed by atoms with Crippen molar-refractivity contribution in [3.63, 3.8) is 0 Å². The summed E-state index contributed by atoms with van der Waals surface area (Å²) in [6.07, 6.45) is 3.93. The number of nitrogens with two attached hydrogens (primary N) is 1. The van der Waals surface area contributed by atoms with Gasteiger partial charge >= 0.3 is 0 Å². The second kappa shape index (κ2) is 5.29. The number of methoxy groups -OCH3 is 1. The van der Waals surface area contributed by atoms with Crippen LogP contribution in [0.5, 0.6) is 5.75 Å². The molecular formula is C15H23N3O. The van der Waals surface area contributed by atoms with Crippen molar-refractivity contribution >= 4 is 11.4 Å². The van der Waals surface area contributed by atoms with E-state index in [-0.39, 0.29) is 0 Å². The van der Waals surface area contributed by atoms with Crippen LogP contribution in [0.1, 0.15) is 19.3 Å². The predicted molar refractivity (Wildman–Crippen MR) is 78.8 cm³/mol. The zero-order valence-electron chi connectivity index (χ0n) is 11.6. The minimum absolute atomic E-state index is 0.710. The summed E-state index contributed by atoms with van der Waals surface area (Å²) in [7, 11) is 1.67. The highest BCUT2D eigenvalue weighted by Crippen LogP contribution is 2.30. The quantitative estimate of drug-likeness (QED) is 0.845. The Kier molecular flexibility index (Phi) is 3.51. The molecule has 2 N–H and O–H groups in total. The maximum atomic E-state index is 5.87. The van der Waals surface area contributed by atoms with Gasteiger partial charge in [0.1, 0.15) is 5.75 Å². The van der Waals surface area contributed by atoms with Gasteiger partial charge in [0.15, 0.2) is 0 Å². The molecule has 0 bridgehead atoms. The largest absolute Gasteiger partial charge is 0.495 e. The van der Waals surface area contributed by atoms with Gasteiger partial charge in [-0.05, 0) is 44.5 Å². The Hall–Kier alpha value is -1.42. The lowest BCUT2D eigenvalue weighted by Gasteiger charge is -2.43. The van der Waals surface area contributed by atoms with Crippen molar-refractivity contribution in [1.82, 2.24) is 4.90 Å². The van der Waals surface area contributed by atoms with Crippen molar-refractivity contribution in [1.29, 1.82) is 0 Å². The molecule has 0 aromatic heterocycles. The minimum atomic E-state index is 0.710. The first-order valence-electron chi connectivity index (χ1n) is 7.20. The number of hydrogen-bond donors (Lipinski definition) is 1. The number of anilines is 2. The van der Waals surface area contributed by atoms with Crippen LogP contribution in [-0.2, 0) is 0 Å². The van der Waals surface area contributed by atoms with Gasteiger partial charge in [-0.3, -0.25) is 0 Å². The van der Waals surface area contributed by atoms with Crippen molar-refractivity contribution in [2.75, 3.05) is 43.9 Å². The Morgan fingerprint density at radius 1 is 1.16 bits per heavy atom. The predicted octanol–water partition coefficient (Wildman–Crippen LogP) is 1.95. The topological polar surface area (TPSA) is 41.7 Å². The van der Waals surface area contributed by atoms with Crippen LogP contribution >= 0.6 is 0 Å². The summed E-state index contributed by atoms with van der Waals surface area (Å²) in [6, 6.07) is 6.90. The fourth-order valence-electron chi connectivity index (χ4n) is 3.09. The Morgan fingerprint density at radius 2 is 1.89 bits per heavy atom. The molecule has 3 rings (SSSR count). The Morgan fingerprint density at radius 3 is 2.47 bits per heavy atom. The van der Waals surface area contributed by atoms with Crippen LogP contribution in [-0.4, -0.2) is 44.2 Å². The molecule has 104 valence electrons. The summed E-state index contributed by atoms with van der Waals surface area (Å²) < 4.78 is 5.30. The average Bonchev–Trinajstić information content (AvgIpc) is 2.38. The van der Waals surface area contributed by atoms with Crippen LogP contribution in [0.25, 0.3) is 0 Å². The standard InChI is InChI=1S/C15H23N3O/c1-19-15-11-13(3-4-14(15)16)18-9-5-12(6-10-18)17-7-2-8-17/h3-4,11-12H,2,5-10,16H2,1H3. The second-order valence-corrected chi connectivity index (χ2v) is 5.53. The zero-order valence-corrected chi connectivity index (χ0v) is 11.6.